The standard InChI is InChI=1S/C25H29N5O4S/c1-29-17-26-28-25(29)35-16-23(31)27-20-9-5-8-18(13-20)24(32)30(15-21-10-6-12-34-21)14-19-7-3-4-11-22(19)33-2/h3-5,7-9,11,13,17,21H,6,10,12,14-16H2,1-2H3,(H,27,31). The van der Waals surface area contributed by atoms with E-state index < -0.39 is 0 Å². The van der Waals surface area contributed by atoms with Crippen LogP contribution in [0.25, 0.3) is 0 Å². The lowest BCUT2D eigenvalue weighted by Crippen LogP contribution is -2.37. The fraction of sp³-hybridized carbons (Fsp3) is 0.360. The second kappa shape index (κ2) is 11.9. The summed E-state index contributed by atoms with van der Waals surface area (Å²) >= 11 is 1.30. The summed E-state index contributed by atoms with van der Waals surface area (Å²) in [5.41, 5.74) is 1.98. The number of benzene rings is 2. The SMILES string of the molecule is COc1ccccc1CN(CC1CCCO1)C(=O)c1cccc(NC(=O)CSc2nncn2C)c1. The number of nitrogens with zero attached hydrogens (tertiary/aromatic N) is 4. The maximum atomic E-state index is 13.6. The Labute approximate surface area is 208 Å². The number of hydrogen-bond donors (Lipinski definition) is 1. The van der Waals surface area contributed by atoms with Crippen molar-refractivity contribution in [3.05, 3.63) is 66.0 Å². The molecule has 0 spiro atoms. The zero-order chi connectivity index (χ0) is 24.6. The molecule has 1 aliphatic rings. The monoisotopic (exact) mass is 495 g/mol. The lowest BCUT2D eigenvalue weighted by molar-refractivity contribution is -0.113. The van der Waals surface area contributed by atoms with Gasteiger partial charge in [0.1, 0.15) is 12.1 Å². The van der Waals surface area contributed by atoms with Crippen LogP contribution in [0.5, 0.6) is 5.75 Å². The summed E-state index contributed by atoms with van der Waals surface area (Å²) < 4.78 is 13.1. The van der Waals surface area contributed by atoms with Crippen LogP contribution < -0.4 is 10.1 Å². The van der Waals surface area contributed by atoms with E-state index in [0.717, 1.165) is 30.8 Å². The molecule has 2 heterocycles. The van der Waals surface area contributed by atoms with Crippen molar-refractivity contribution in [2.24, 2.45) is 7.05 Å². The molecule has 35 heavy (non-hydrogen) atoms. The molecule has 0 saturated carbocycles. The van der Waals surface area contributed by atoms with E-state index in [-0.39, 0.29) is 23.7 Å². The van der Waals surface area contributed by atoms with E-state index >= 15 is 0 Å². The number of hydrogen-bond acceptors (Lipinski definition) is 7. The van der Waals surface area contributed by atoms with Crippen molar-refractivity contribution in [2.75, 3.05) is 31.3 Å². The number of nitrogens with one attached hydrogen (secondary N) is 1. The quantitative estimate of drug-likeness (QED) is 0.431. The van der Waals surface area contributed by atoms with Crippen molar-refractivity contribution in [2.45, 2.75) is 30.6 Å². The highest BCUT2D eigenvalue weighted by atomic mass is 32.2. The number of methoxy groups -OCH3 is 1. The molecular formula is C25H29N5O4S. The second-order valence-electron chi connectivity index (χ2n) is 8.27. The van der Waals surface area contributed by atoms with Gasteiger partial charge < -0.3 is 24.3 Å². The number of carbonyl (C=O) groups excluding carboxylic acids is 2. The van der Waals surface area contributed by atoms with Gasteiger partial charge in [-0.05, 0) is 37.1 Å². The first-order valence-electron chi connectivity index (χ1n) is 11.4. The number of amides is 2. The van der Waals surface area contributed by atoms with E-state index in [1.54, 1.807) is 47.2 Å². The van der Waals surface area contributed by atoms with Gasteiger partial charge in [-0.15, -0.1) is 10.2 Å². The maximum absolute atomic E-state index is 13.6. The maximum Gasteiger partial charge on any atom is 0.254 e. The van der Waals surface area contributed by atoms with Gasteiger partial charge in [-0.3, -0.25) is 9.59 Å². The predicted octanol–water partition coefficient (Wildman–Crippen LogP) is 3.38. The van der Waals surface area contributed by atoms with Gasteiger partial charge in [0.2, 0.25) is 5.91 Å². The molecule has 1 aromatic heterocycles. The van der Waals surface area contributed by atoms with E-state index in [2.05, 4.69) is 15.5 Å². The number of aryl methyl sites for hydroxylation is 1. The van der Waals surface area contributed by atoms with Gasteiger partial charge in [-0.25, -0.2) is 0 Å². The van der Waals surface area contributed by atoms with Crippen molar-refractivity contribution in [1.82, 2.24) is 19.7 Å². The van der Waals surface area contributed by atoms with Crippen molar-refractivity contribution >= 4 is 29.3 Å². The van der Waals surface area contributed by atoms with Crippen LogP contribution in [0.4, 0.5) is 5.69 Å². The molecule has 1 atom stereocenters. The molecule has 0 radical (unpaired) electrons. The van der Waals surface area contributed by atoms with Crippen molar-refractivity contribution in [3.8, 4) is 5.75 Å². The fourth-order valence-electron chi connectivity index (χ4n) is 3.94. The zero-order valence-corrected chi connectivity index (χ0v) is 20.7. The van der Waals surface area contributed by atoms with E-state index in [1.165, 1.54) is 11.8 Å². The predicted molar refractivity (Wildman–Crippen MR) is 134 cm³/mol. The summed E-state index contributed by atoms with van der Waals surface area (Å²) in [7, 11) is 3.45. The minimum absolute atomic E-state index is 0.00850. The smallest absolute Gasteiger partial charge is 0.254 e. The highest BCUT2D eigenvalue weighted by Gasteiger charge is 2.25. The molecule has 10 heteroatoms. The fourth-order valence-corrected chi connectivity index (χ4v) is 4.62. The Hall–Kier alpha value is -3.37. The first-order chi connectivity index (χ1) is 17.0. The number of para-hydroxylation sites is 1. The molecular weight excluding hydrogens is 466 g/mol. The largest absolute Gasteiger partial charge is 0.496 e. The van der Waals surface area contributed by atoms with Crippen LogP contribution >= 0.6 is 11.8 Å². The first kappa shape index (κ1) is 24.7. The minimum atomic E-state index is -0.187. The van der Waals surface area contributed by atoms with Crippen LogP contribution in [0, 0.1) is 0 Å². The first-order valence-corrected chi connectivity index (χ1v) is 12.4. The molecule has 1 N–H and O–H groups in total. The van der Waals surface area contributed by atoms with Gasteiger partial charge in [-0.2, -0.15) is 0 Å². The van der Waals surface area contributed by atoms with Crippen LogP contribution in [0.15, 0.2) is 60.0 Å². The molecule has 9 nitrogen and oxygen atoms in total. The Kier molecular flexibility index (Phi) is 8.38. The van der Waals surface area contributed by atoms with E-state index in [9.17, 15) is 9.59 Å². The molecule has 2 amide bonds. The number of rotatable bonds is 10. The molecule has 1 fully saturated rings. The molecule has 1 aliphatic heterocycles. The summed E-state index contributed by atoms with van der Waals surface area (Å²) in [6, 6.07) is 14.7. The highest BCUT2D eigenvalue weighted by Crippen LogP contribution is 2.23. The topological polar surface area (TPSA) is 98.6 Å². The van der Waals surface area contributed by atoms with Gasteiger partial charge >= 0.3 is 0 Å². The molecule has 3 aromatic rings. The normalized spacial score (nSPS) is 15.1. The molecule has 1 saturated heterocycles. The van der Waals surface area contributed by atoms with Crippen molar-refractivity contribution in [1.29, 1.82) is 0 Å². The zero-order valence-electron chi connectivity index (χ0n) is 19.8. The summed E-state index contributed by atoms with van der Waals surface area (Å²) in [5.74, 6) is 0.603. The third-order valence-electron chi connectivity index (χ3n) is 5.68. The summed E-state index contributed by atoms with van der Waals surface area (Å²) in [6.07, 6.45) is 3.52. The number of thioether (sulfide) groups is 1. The van der Waals surface area contributed by atoms with E-state index in [1.807, 2.05) is 31.3 Å². The Morgan fingerprint density at radius 2 is 2.11 bits per heavy atom. The number of aromatic nitrogens is 3. The van der Waals surface area contributed by atoms with Crippen LogP contribution in [-0.2, 0) is 23.1 Å². The Morgan fingerprint density at radius 3 is 2.86 bits per heavy atom. The van der Waals surface area contributed by atoms with Crippen LogP contribution in [0.1, 0.15) is 28.8 Å². The van der Waals surface area contributed by atoms with Gasteiger partial charge in [0.15, 0.2) is 5.16 Å². The molecule has 4 rings (SSSR count). The van der Waals surface area contributed by atoms with E-state index in [0.29, 0.717) is 29.5 Å². The minimum Gasteiger partial charge on any atom is -0.496 e. The Morgan fingerprint density at radius 1 is 1.26 bits per heavy atom. The Balaban J connectivity index is 1.46. The third-order valence-corrected chi connectivity index (χ3v) is 6.72. The second-order valence-corrected chi connectivity index (χ2v) is 9.22. The lowest BCUT2D eigenvalue weighted by Gasteiger charge is -2.26. The van der Waals surface area contributed by atoms with Crippen LogP contribution in [0.3, 0.4) is 0 Å². The van der Waals surface area contributed by atoms with Gasteiger partial charge in [-0.1, -0.05) is 36.0 Å². The molecule has 184 valence electrons. The number of ether oxygens (including phenoxy) is 2. The summed E-state index contributed by atoms with van der Waals surface area (Å²) in [4.78, 5) is 27.8. The third kappa shape index (κ3) is 6.61. The number of anilines is 1. The highest BCUT2D eigenvalue weighted by molar-refractivity contribution is 7.99. The van der Waals surface area contributed by atoms with Crippen molar-refractivity contribution < 1.29 is 19.1 Å². The molecule has 1 unspecified atom stereocenters. The van der Waals surface area contributed by atoms with Crippen LogP contribution in [-0.4, -0.2) is 63.6 Å². The summed E-state index contributed by atoms with van der Waals surface area (Å²) in [5, 5.41) is 11.3. The van der Waals surface area contributed by atoms with Crippen LogP contribution in [0.2, 0.25) is 0 Å². The average molecular weight is 496 g/mol. The van der Waals surface area contributed by atoms with Gasteiger partial charge in [0.05, 0.1) is 19.0 Å². The molecule has 2 aromatic carbocycles. The number of carbonyl (C=O) groups is 2. The Bertz CT molecular complexity index is 1160. The lowest BCUT2D eigenvalue weighted by atomic mass is 10.1. The summed E-state index contributed by atoms with van der Waals surface area (Å²) in [6.45, 7) is 1.60. The van der Waals surface area contributed by atoms with Gasteiger partial charge in [0.25, 0.3) is 5.91 Å². The molecule has 0 bridgehead atoms. The average Bonchev–Trinajstić information content (AvgIpc) is 3.54. The molecule has 0 aliphatic carbocycles. The van der Waals surface area contributed by atoms with Crippen molar-refractivity contribution in [3.63, 3.8) is 0 Å². The van der Waals surface area contributed by atoms with Gasteiger partial charge in [0, 0.05) is 43.6 Å². The van der Waals surface area contributed by atoms with E-state index in [4.69, 9.17) is 9.47 Å².